The maximum atomic E-state index is 12.4. The molecule has 6 nitrogen and oxygen atoms in total. The van der Waals surface area contributed by atoms with Crippen molar-refractivity contribution in [1.82, 2.24) is 14.8 Å². The number of amides is 1. The highest BCUT2D eigenvalue weighted by molar-refractivity contribution is 7.99. The summed E-state index contributed by atoms with van der Waals surface area (Å²) in [5, 5.41) is 15.2. The summed E-state index contributed by atoms with van der Waals surface area (Å²) in [6.45, 7) is 3.53. The van der Waals surface area contributed by atoms with Gasteiger partial charge in [0.2, 0.25) is 5.91 Å². The lowest BCUT2D eigenvalue weighted by Gasteiger charge is -2.14. The molecule has 0 aliphatic carbocycles. The lowest BCUT2D eigenvalue weighted by atomic mass is 10.2. The fourth-order valence-electron chi connectivity index (χ4n) is 3.23. The minimum Gasteiger partial charge on any atom is -0.376 e. The van der Waals surface area contributed by atoms with Crippen molar-refractivity contribution < 1.29 is 9.53 Å². The SMILES string of the molecule is Cc1cc(-c2nnc(SCC(=O)Nc3ccc(Cl)c(Cl)c3)n2CC2CCCO2)cs1. The zero-order chi connectivity index (χ0) is 21.1. The highest BCUT2D eigenvalue weighted by Gasteiger charge is 2.22. The molecule has 1 aliphatic heterocycles. The Hall–Kier alpha value is -1.58. The van der Waals surface area contributed by atoms with Gasteiger partial charge >= 0.3 is 0 Å². The molecule has 0 radical (unpaired) electrons. The Morgan fingerprint density at radius 1 is 1.33 bits per heavy atom. The Bertz CT molecular complexity index is 1050. The Kier molecular flexibility index (Phi) is 7.00. The third-order valence-corrected chi connectivity index (χ3v) is 7.22. The van der Waals surface area contributed by atoms with Gasteiger partial charge in [0, 0.05) is 28.1 Å². The summed E-state index contributed by atoms with van der Waals surface area (Å²) < 4.78 is 7.88. The number of thiophene rings is 1. The first kappa shape index (κ1) is 21.6. The van der Waals surface area contributed by atoms with Crippen molar-refractivity contribution in [1.29, 1.82) is 0 Å². The van der Waals surface area contributed by atoms with Gasteiger partial charge in [0.1, 0.15) is 0 Å². The van der Waals surface area contributed by atoms with Crippen LogP contribution < -0.4 is 5.32 Å². The average Bonchev–Trinajstić information content (AvgIpc) is 3.45. The van der Waals surface area contributed by atoms with E-state index in [-0.39, 0.29) is 17.8 Å². The van der Waals surface area contributed by atoms with Crippen molar-refractivity contribution in [3.05, 3.63) is 44.6 Å². The second-order valence-corrected chi connectivity index (χ2v) is 9.84. The van der Waals surface area contributed by atoms with Crippen molar-refractivity contribution in [2.24, 2.45) is 0 Å². The highest BCUT2D eigenvalue weighted by Crippen LogP contribution is 2.30. The van der Waals surface area contributed by atoms with Gasteiger partial charge < -0.3 is 10.1 Å². The maximum Gasteiger partial charge on any atom is 0.234 e. The second kappa shape index (κ2) is 9.70. The summed E-state index contributed by atoms with van der Waals surface area (Å²) in [7, 11) is 0. The van der Waals surface area contributed by atoms with Crippen LogP contribution in [0.2, 0.25) is 10.0 Å². The number of aryl methyl sites for hydroxylation is 1. The van der Waals surface area contributed by atoms with Gasteiger partial charge in [-0.3, -0.25) is 9.36 Å². The minimum absolute atomic E-state index is 0.142. The van der Waals surface area contributed by atoms with Crippen LogP contribution in [-0.2, 0) is 16.1 Å². The summed E-state index contributed by atoms with van der Waals surface area (Å²) >= 11 is 15.0. The van der Waals surface area contributed by atoms with Crippen LogP contribution >= 0.6 is 46.3 Å². The van der Waals surface area contributed by atoms with Crippen LogP contribution in [-0.4, -0.2) is 39.1 Å². The quantitative estimate of drug-likeness (QED) is 0.448. The first-order valence-electron chi connectivity index (χ1n) is 9.47. The monoisotopic (exact) mass is 482 g/mol. The van der Waals surface area contributed by atoms with Gasteiger partial charge in [0.05, 0.1) is 28.4 Å². The molecule has 1 N–H and O–H groups in total. The summed E-state index contributed by atoms with van der Waals surface area (Å²) in [5.41, 5.74) is 1.64. The Balaban J connectivity index is 1.47. The van der Waals surface area contributed by atoms with Crippen molar-refractivity contribution in [3.63, 3.8) is 0 Å². The highest BCUT2D eigenvalue weighted by atomic mass is 35.5. The van der Waals surface area contributed by atoms with Crippen LogP contribution in [0.1, 0.15) is 17.7 Å². The fraction of sp³-hybridized carbons (Fsp3) is 0.350. The summed E-state index contributed by atoms with van der Waals surface area (Å²) in [4.78, 5) is 13.6. The van der Waals surface area contributed by atoms with E-state index in [4.69, 9.17) is 27.9 Å². The summed E-state index contributed by atoms with van der Waals surface area (Å²) in [6.07, 6.45) is 2.22. The normalized spacial score (nSPS) is 16.2. The minimum atomic E-state index is -0.155. The van der Waals surface area contributed by atoms with E-state index >= 15 is 0 Å². The second-order valence-electron chi connectivity index (χ2n) is 6.96. The van der Waals surface area contributed by atoms with E-state index in [1.54, 1.807) is 29.5 Å². The molecule has 1 atom stereocenters. The zero-order valence-corrected chi connectivity index (χ0v) is 19.4. The number of nitrogens with zero attached hydrogens (tertiary/aromatic N) is 3. The van der Waals surface area contributed by atoms with E-state index in [2.05, 4.69) is 38.5 Å². The molecule has 158 valence electrons. The van der Waals surface area contributed by atoms with E-state index < -0.39 is 0 Å². The number of carbonyl (C=O) groups is 1. The molecule has 1 saturated heterocycles. The molecule has 2 aromatic heterocycles. The smallest absolute Gasteiger partial charge is 0.234 e. The topological polar surface area (TPSA) is 69.0 Å². The van der Waals surface area contributed by atoms with Crippen molar-refractivity contribution in [2.45, 2.75) is 37.6 Å². The molecule has 1 aromatic carbocycles. The lowest BCUT2D eigenvalue weighted by Crippen LogP contribution is -2.18. The number of hydrogen-bond acceptors (Lipinski definition) is 6. The number of anilines is 1. The molecule has 30 heavy (non-hydrogen) atoms. The molecule has 0 spiro atoms. The van der Waals surface area contributed by atoms with E-state index in [9.17, 15) is 4.79 Å². The standard InChI is InChI=1S/C20H20Cl2N4O2S2/c1-12-7-13(10-29-12)19-24-25-20(26(19)9-15-3-2-6-28-15)30-11-18(27)23-14-4-5-16(21)17(22)8-14/h4-5,7-8,10,15H,2-3,6,9,11H2,1H3,(H,23,27). The number of hydrogen-bond donors (Lipinski definition) is 1. The molecular weight excluding hydrogens is 463 g/mol. The summed E-state index contributed by atoms with van der Waals surface area (Å²) in [6, 6.07) is 7.10. The number of aromatic nitrogens is 3. The van der Waals surface area contributed by atoms with Crippen LogP contribution in [0.3, 0.4) is 0 Å². The number of benzene rings is 1. The Labute approximate surface area is 192 Å². The van der Waals surface area contributed by atoms with E-state index in [0.717, 1.165) is 30.8 Å². The molecule has 3 aromatic rings. The Morgan fingerprint density at radius 3 is 2.90 bits per heavy atom. The van der Waals surface area contributed by atoms with Crippen LogP contribution in [0.25, 0.3) is 11.4 Å². The van der Waals surface area contributed by atoms with Gasteiger partial charge in [-0.15, -0.1) is 21.5 Å². The molecule has 0 saturated carbocycles. The molecule has 1 amide bonds. The number of ether oxygens (including phenoxy) is 1. The van der Waals surface area contributed by atoms with Crippen molar-refractivity contribution in [3.8, 4) is 11.4 Å². The van der Waals surface area contributed by atoms with Crippen LogP contribution in [0.5, 0.6) is 0 Å². The number of rotatable bonds is 7. The Morgan fingerprint density at radius 2 is 2.20 bits per heavy atom. The fourth-order valence-corrected chi connectivity index (χ4v) is 4.95. The lowest BCUT2D eigenvalue weighted by molar-refractivity contribution is -0.113. The van der Waals surface area contributed by atoms with Gasteiger partial charge in [0.15, 0.2) is 11.0 Å². The molecule has 4 rings (SSSR count). The number of carbonyl (C=O) groups excluding carboxylic acids is 1. The van der Waals surface area contributed by atoms with Gasteiger partial charge in [-0.25, -0.2) is 0 Å². The van der Waals surface area contributed by atoms with Crippen LogP contribution in [0, 0.1) is 6.92 Å². The molecule has 3 heterocycles. The molecule has 1 unspecified atom stereocenters. The van der Waals surface area contributed by atoms with Crippen molar-refractivity contribution >= 4 is 57.9 Å². The predicted octanol–water partition coefficient (Wildman–Crippen LogP) is 5.53. The van der Waals surface area contributed by atoms with E-state index in [1.807, 2.05) is 0 Å². The number of nitrogens with one attached hydrogen (secondary N) is 1. The van der Waals surface area contributed by atoms with Crippen LogP contribution in [0.4, 0.5) is 5.69 Å². The molecular formula is C20H20Cl2N4O2S2. The molecule has 10 heteroatoms. The number of halogens is 2. The first-order chi connectivity index (χ1) is 14.5. The van der Waals surface area contributed by atoms with Gasteiger partial charge in [-0.05, 0) is 44.0 Å². The molecule has 0 bridgehead atoms. The molecule has 1 aliphatic rings. The van der Waals surface area contributed by atoms with E-state index in [0.29, 0.717) is 27.4 Å². The van der Waals surface area contributed by atoms with Crippen molar-refractivity contribution in [2.75, 3.05) is 17.7 Å². The summed E-state index contributed by atoms with van der Waals surface area (Å²) in [5.74, 6) is 0.854. The number of thioether (sulfide) groups is 1. The van der Waals surface area contributed by atoms with Gasteiger partial charge in [0.25, 0.3) is 0 Å². The van der Waals surface area contributed by atoms with Crippen LogP contribution in [0.15, 0.2) is 34.8 Å². The zero-order valence-electron chi connectivity index (χ0n) is 16.2. The van der Waals surface area contributed by atoms with Gasteiger partial charge in [-0.1, -0.05) is 35.0 Å². The molecule has 1 fully saturated rings. The maximum absolute atomic E-state index is 12.4. The van der Waals surface area contributed by atoms with Gasteiger partial charge in [-0.2, -0.15) is 0 Å². The van der Waals surface area contributed by atoms with E-state index in [1.165, 1.54) is 16.6 Å². The first-order valence-corrected chi connectivity index (χ1v) is 12.1. The predicted molar refractivity (Wildman–Crippen MR) is 123 cm³/mol. The third kappa shape index (κ3) is 5.18. The average molecular weight is 483 g/mol. The largest absolute Gasteiger partial charge is 0.376 e. The third-order valence-electron chi connectivity index (χ3n) is 4.65.